The molecule has 4 heteroatoms. The van der Waals surface area contributed by atoms with Crippen molar-refractivity contribution >= 4 is 22.8 Å². The Hall–Kier alpha value is -1.09. The average Bonchev–Trinajstić information content (AvgIpc) is 2.45. The summed E-state index contributed by atoms with van der Waals surface area (Å²) in [6, 6.07) is 1.84. The molecule has 2 rings (SSSR count). The maximum atomic E-state index is 5.83. The third-order valence-electron chi connectivity index (χ3n) is 2.01. The number of fused-ring (bicyclic) bond motifs is 1. The summed E-state index contributed by atoms with van der Waals surface area (Å²) < 4.78 is 0. The Labute approximate surface area is 87.5 Å². The van der Waals surface area contributed by atoms with E-state index in [1.165, 1.54) is 0 Å². The smallest absolute Gasteiger partial charge is 0.177 e. The lowest BCUT2D eigenvalue weighted by Crippen LogP contribution is -2.12. The van der Waals surface area contributed by atoms with Gasteiger partial charge in [-0.3, -0.25) is 0 Å². The van der Waals surface area contributed by atoms with Gasteiger partial charge in [0.25, 0.3) is 0 Å². The van der Waals surface area contributed by atoms with Gasteiger partial charge >= 0.3 is 0 Å². The van der Waals surface area contributed by atoms with Gasteiger partial charge in [-0.25, -0.2) is 9.97 Å². The number of hydrogen-bond donors (Lipinski definition) is 1. The lowest BCUT2D eigenvalue weighted by molar-refractivity contribution is 0.554. The summed E-state index contributed by atoms with van der Waals surface area (Å²) in [7, 11) is 0. The predicted octanol–water partition coefficient (Wildman–Crippen LogP) is 2.91. The van der Waals surface area contributed by atoms with Gasteiger partial charge in [-0.2, -0.15) is 0 Å². The van der Waals surface area contributed by atoms with Crippen LogP contribution in [0.3, 0.4) is 0 Å². The minimum Gasteiger partial charge on any atom is -0.340 e. The van der Waals surface area contributed by atoms with Crippen LogP contribution in [0, 0.1) is 0 Å². The van der Waals surface area contributed by atoms with Crippen LogP contribution in [-0.4, -0.2) is 15.0 Å². The minimum absolute atomic E-state index is 0.00712. The van der Waals surface area contributed by atoms with Crippen molar-refractivity contribution in [3.63, 3.8) is 0 Å². The highest BCUT2D eigenvalue weighted by Crippen LogP contribution is 2.22. The minimum atomic E-state index is 0.00712. The summed E-state index contributed by atoms with van der Waals surface area (Å²) in [5.74, 6) is 0.933. The molecule has 0 unspecified atom stereocenters. The molecule has 1 N–H and O–H groups in total. The number of nitrogens with zero attached hydrogens (tertiary/aromatic N) is 2. The van der Waals surface area contributed by atoms with E-state index in [1.54, 1.807) is 6.20 Å². The van der Waals surface area contributed by atoms with E-state index >= 15 is 0 Å². The van der Waals surface area contributed by atoms with E-state index in [0.717, 1.165) is 17.0 Å². The molecule has 2 aromatic rings. The van der Waals surface area contributed by atoms with Gasteiger partial charge in [0.2, 0.25) is 0 Å². The second kappa shape index (κ2) is 2.95. The van der Waals surface area contributed by atoms with Crippen LogP contribution in [0.1, 0.15) is 26.6 Å². The number of hydrogen-bond acceptors (Lipinski definition) is 2. The molecule has 0 saturated carbocycles. The first-order valence-corrected chi connectivity index (χ1v) is 4.86. The van der Waals surface area contributed by atoms with E-state index < -0.39 is 0 Å². The topological polar surface area (TPSA) is 41.6 Å². The maximum absolute atomic E-state index is 5.83. The fraction of sp³-hybridized carbons (Fsp3) is 0.400. The third kappa shape index (κ3) is 1.60. The highest BCUT2D eigenvalue weighted by atomic mass is 35.5. The van der Waals surface area contributed by atoms with Crippen molar-refractivity contribution in [3.05, 3.63) is 23.1 Å². The van der Waals surface area contributed by atoms with E-state index in [1.807, 2.05) is 6.07 Å². The molecular weight excluding hydrogens is 198 g/mol. The Morgan fingerprint density at radius 1 is 1.36 bits per heavy atom. The summed E-state index contributed by atoms with van der Waals surface area (Å²) in [6.45, 7) is 6.31. The Bertz CT molecular complexity index is 468. The number of rotatable bonds is 0. The molecule has 14 heavy (non-hydrogen) atoms. The van der Waals surface area contributed by atoms with E-state index in [0.29, 0.717) is 5.02 Å². The Kier molecular flexibility index (Phi) is 2.00. The lowest BCUT2D eigenvalue weighted by Gasteiger charge is -2.13. The molecule has 2 heterocycles. The fourth-order valence-corrected chi connectivity index (χ4v) is 1.39. The molecule has 0 atom stereocenters. The molecule has 0 aliphatic rings. The molecule has 0 fully saturated rings. The molecule has 0 saturated heterocycles. The summed E-state index contributed by atoms with van der Waals surface area (Å²) >= 11 is 5.83. The number of pyridine rings is 1. The zero-order chi connectivity index (χ0) is 10.3. The molecule has 0 radical (unpaired) electrons. The number of imidazole rings is 1. The number of H-pyrrole nitrogens is 1. The molecule has 3 nitrogen and oxygen atoms in total. The van der Waals surface area contributed by atoms with Crippen LogP contribution < -0.4 is 0 Å². The molecule has 2 aromatic heterocycles. The van der Waals surface area contributed by atoms with E-state index in [-0.39, 0.29) is 5.41 Å². The second-order valence-corrected chi connectivity index (χ2v) is 4.80. The normalized spacial score (nSPS) is 12.3. The third-order valence-corrected chi connectivity index (χ3v) is 2.22. The van der Waals surface area contributed by atoms with Crippen molar-refractivity contribution < 1.29 is 0 Å². The average molecular weight is 210 g/mol. The predicted molar refractivity (Wildman–Crippen MR) is 57.6 cm³/mol. The maximum Gasteiger partial charge on any atom is 0.177 e. The van der Waals surface area contributed by atoms with Crippen molar-refractivity contribution in [1.82, 2.24) is 15.0 Å². The van der Waals surface area contributed by atoms with Crippen LogP contribution >= 0.6 is 11.6 Å². The first-order chi connectivity index (χ1) is 6.47. The highest BCUT2D eigenvalue weighted by Gasteiger charge is 2.18. The van der Waals surface area contributed by atoms with Gasteiger partial charge in [0, 0.05) is 11.6 Å². The molecule has 0 spiro atoms. The summed E-state index contributed by atoms with van der Waals surface area (Å²) in [5.41, 5.74) is 1.62. The van der Waals surface area contributed by atoms with Gasteiger partial charge in [-0.15, -0.1) is 0 Å². The quantitative estimate of drug-likeness (QED) is 0.725. The number of halogens is 1. The van der Waals surface area contributed by atoms with Gasteiger partial charge in [-0.1, -0.05) is 32.4 Å². The second-order valence-electron chi connectivity index (χ2n) is 4.36. The molecule has 0 aliphatic carbocycles. The number of aromatic amines is 1. The SMILES string of the molecule is CC(C)(C)c1nc2ncc(Cl)cc2[nH]1. The van der Waals surface area contributed by atoms with Crippen molar-refractivity contribution in [2.24, 2.45) is 0 Å². The molecule has 0 aliphatic heterocycles. The Morgan fingerprint density at radius 2 is 2.07 bits per heavy atom. The van der Waals surface area contributed by atoms with Crippen LogP contribution in [0.4, 0.5) is 0 Å². The molecular formula is C10H12ClN3. The summed E-state index contributed by atoms with van der Waals surface area (Å²) in [6.07, 6.45) is 1.61. The summed E-state index contributed by atoms with van der Waals surface area (Å²) in [5, 5.41) is 0.626. The Morgan fingerprint density at radius 3 is 2.71 bits per heavy atom. The first kappa shape index (κ1) is 9.46. The fourth-order valence-electron chi connectivity index (χ4n) is 1.23. The van der Waals surface area contributed by atoms with Gasteiger partial charge < -0.3 is 4.98 Å². The van der Waals surface area contributed by atoms with Gasteiger partial charge in [-0.05, 0) is 6.07 Å². The van der Waals surface area contributed by atoms with Crippen LogP contribution in [-0.2, 0) is 5.41 Å². The van der Waals surface area contributed by atoms with E-state index in [4.69, 9.17) is 11.6 Å². The molecule has 0 amide bonds. The zero-order valence-corrected chi connectivity index (χ0v) is 9.18. The van der Waals surface area contributed by atoms with Gasteiger partial charge in [0.15, 0.2) is 5.65 Å². The van der Waals surface area contributed by atoms with Crippen molar-refractivity contribution in [3.8, 4) is 0 Å². The van der Waals surface area contributed by atoms with E-state index in [2.05, 4.69) is 35.7 Å². The lowest BCUT2D eigenvalue weighted by atomic mass is 9.96. The molecule has 0 aromatic carbocycles. The van der Waals surface area contributed by atoms with Crippen molar-refractivity contribution in [2.45, 2.75) is 26.2 Å². The standard InChI is InChI=1S/C10H12ClN3/c1-10(2,3)9-13-7-4-6(11)5-12-8(7)14-9/h4-5H,1-3H3,(H,12,13,14). The summed E-state index contributed by atoms with van der Waals surface area (Å²) in [4.78, 5) is 11.8. The van der Waals surface area contributed by atoms with Gasteiger partial charge in [0.1, 0.15) is 5.82 Å². The molecule has 74 valence electrons. The highest BCUT2D eigenvalue weighted by molar-refractivity contribution is 6.30. The molecule has 0 bridgehead atoms. The van der Waals surface area contributed by atoms with Crippen LogP contribution in [0.25, 0.3) is 11.2 Å². The van der Waals surface area contributed by atoms with Crippen LogP contribution in [0.2, 0.25) is 5.02 Å². The number of nitrogens with one attached hydrogen (secondary N) is 1. The monoisotopic (exact) mass is 209 g/mol. The van der Waals surface area contributed by atoms with Gasteiger partial charge in [0.05, 0.1) is 10.5 Å². The van der Waals surface area contributed by atoms with Crippen LogP contribution in [0.15, 0.2) is 12.3 Å². The van der Waals surface area contributed by atoms with Crippen LogP contribution in [0.5, 0.6) is 0 Å². The van der Waals surface area contributed by atoms with Crippen molar-refractivity contribution in [1.29, 1.82) is 0 Å². The largest absolute Gasteiger partial charge is 0.340 e. The zero-order valence-electron chi connectivity index (χ0n) is 8.43. The Balaban J connectivity index is 2.63. The first-order valence-electron chi connectivity index (χ1n) is 4.48. The van der Waals surface area contributed by atoms with E-state index in [9.17, 15) is 0 Å². The number of aromatic nitrogens is 3. The van der Waals surface area contributed by atoms with Crippen molar-refractivity contribution in [2.75, 3.05) is 0 Å².